The lowest BCUT2D eigenvalue weighted by atomic mass is 9.88. The van der Waals surface area contributed by atoms with Crippen LogP contribution >= 0.6 is 11.6 Å². The second-order valence-electron chi connectivity index (χ2n) is 18.3. The van der Waals surface area contributed by atoms with Crippen molar-refractivity contribution in [1.82, 2.24) is 19.5 Å². The summed E-state index contributed by atoms with van der Waals surface area (Å²) in [6.45, 7) is 9.77. The van der Waals surface area contributed by atoms with Crippen molar-refractivity contribution < 1.29 is 47.1 Å². The van der Waals surface area contributed by atoms with Crippen molar-refractivity contribution in [1.29, 1.82) is 0 Å². The first kappa shape index (κ1) is 51.5. The Balaban J connectivity index is 0.587. The van der Waals surface area contributed by atoms with E-state index < -0.39 is 0 Å². The van der Waals surface area contributed by atoms with Crippen molar-refractivity contribution >= 4 is 28.7 Å². The van der Waals surface area contributed by atoms with Gasteiger partial charge in [0.25, 0.3) is 0 Å². The van der Waals surface area contributed by atoms with Gasteiger partial charge >= 0.3 is 0 Å². The third-order valence-electron chi connectivity index (χ3n) is 13.4. The maximum atomic E-state index is 13.6. The molecule has 0 amide bonds. The molecule has 3 fully saturated rings. The van der Waals surface area contributed by atoms with Crippen LogP contribution in [0.2, 0.25) is 5.02 Å². The highest BCUT2D eigenvalue weighted by molar-refractivity contribution is 6.36. The van der Waals surface area contributed by atoms with Crippen LogP contribution in [0.1, 0.15) is 71.8 Å². The Morgan fingerprint density at radius 2 is 1.30 bits per heavy atom. The van der Waals surface area contributed by atoms with E-state index in [1.807, 2.05) is 30.3 Å². The summed E-state index contributed by atoms with van der Waals surface area (Å²) in [7, 11) is 1.56. The minimum atomic E-state index is -0.220. The third-order valence-corrected chi connectivity index (χ3v) is 13.8. The third kappa shape index (κ3) is 15.1. The number of methoxy groups -OCH3 is 1. The molecule has 0 atom stereocenters. The zero-order valence-corrected chi connectivity index (χ0v) is 41.3. The quantitative estimate of drug-likeness (QED) is 0.0323. The molecule has 16 heteroatoms. The average Bonchev–Trinajstić information content (AvgIpc) is 4.13. The molecular weight excluding hydrogens is 917 g/mol. The minimum Gasteiger partial charge on any atom is -0.492 e. The number of benzene rings is 3. The first-order valence-electron chi connectivity index (χ1n) is 25.1. The van der Waals surface area contributed by atoms with Gasteiger partial charge in [-0.2, -0.15) is 0 Å². The van der Waals surface area contributed by atoms with Crippen LogP contribution in [0.3, 0.4) is 0 Å². The normalized spacial score (nSPS) is 16.0. The van der Waals surface area contributed by atoms with E-state index in [1.165, 1.54) is 30.5 Å². The van der Waals surface area contributed by atoms with Gasteiger partial charge in [-0.15, -0.1) is 10.2 Å². The summed E-state index contributed by atoms with van der Waals surface area (Å²) in [5.41, 5.74) is 4.79. The predicted molar refractivity (Wildman–Crippen MR) is 267 cm³/mol. The van der Waals surface area contributed by atoms with Crippen molar-refractivity contribution in [2.75, 3.05) is 124 Å². The Hall–Kier alpha value is -4.87. The molecule has 378 valence electrons. The van der Waals surface area contributed by atoms with Crippen LogP contribution in [0, 0.1) is 17.7 Å². The molecule has 3 aromatic carbocycles. The molecule has 4 heterocycles. The number of ketones is 1. The number of carbonyl (C=O) groups excluding carboxylic acids is 1. The Kier molecular flexibility index (Phi) is 19.9. The summed E-state index contributed by atoms with van der Waals surface area (Å²) in [5, 5.41) is 9.55. The Morgan fingerprint density at radius 3 is 1.91 bits per heavy atom. The van der Waals surface area contributed by atoms with Crippen LogP contribution in [-0.2, 0) is 36.5 Å². The van der Waals surface area contributed by atoms with Gasteiger partial charge in [-0.3, -0.25) is 9.20 Å². The Bertz CT molecular complexity index is 2350. The van der Waals surface area contributed by atoms with E-state index in [4.69, 9.17) is 49.5 Å². The monoisotopic (exact) mass is 985 g/mol. The number of piperidine rings is 2. The molecule has 14 nitrogen and oxygen atoms in total. The van der Waals surface area contributed by atoms with E-state index in [0.717, 1.165) is 106 Å². The van der Waals surface area contributed by atoms with Gasteiger partial charge in [0, 0.05) is 38.2 Å². The number of rotatable bonds is 30. The lowest BCUT2D eigenvalue weighted by Gasteiger charge is -2.34. The van der Waals surface area contributed by atoms with Gasteiger partial charge in [-0.05, 0) is 123 Å². The van der Waals surface area contributed by atoms with Gasteiger partial charge in [0.2, 0.25) is 0 Å². The van der Waals surface area contributed by atoms with E-state index in [1.54, 1.807) is 7.11 Å². The Morgan fingerprint density at radius 1 is 0.686 bits per heavy atom. The van der Waals surface area contributed by atoms with Crippen LogP contribution in [0.5, 0.6) is 17.2 Å². The molecule has 1 aliphatic carbocycles. The van der Waals surface area contributed by atoms with E-state index in [-0.39, 0.29) is 17.5 Å². The number of anilines is 1. The number of halogens is 2. The molecule has 0 N–H and O–H groups in total. The molecule has 0 spiro atoms. The number of likely N-dealkylation sites (tertiary alicyclic amines) is 1. The number of aromatic nitrogens is 3. The number of nitrogens with zero attached hydrogens (tertiary/aromatic N) is 5. The molecule has 70 heavy (non-hydrogen) atoms. The zero-order valence-electron chi connectivity index (χ0n) is 40.6. The summed E-state index contributed by atoms with van der Waals surface area (Å²) in [4.78, 5) is 18.3. The second-order valence-corrected chi connectivity index (χ2v) is 18.6. The lowest BCUT2D eigenvalue weighted by molar-refractivity contribution is -0.0142. The first-order chi connectivity index (χ1) is 34.4. The Labute approximate surface area is 416 Å². The molecule has 0 radical (unpaired) electrons. The number of hydrogen-bond acceptors (Lipinski definition) is 13. The summed E-state index contributed by atoms with van der Waals surface area (Å²) in [6, 6.07) is 22.7. The van der Waals surface area contributed by atoms with Crippen LogP contribution < -0.4 is 19.1 Å². The first-order valence-corrected chi connectivity index (χ1v) is 25.5. The smallest absolute Gasteiger partial charge is 0.181 e. The molecule has 3 aliphatic rings. The van der Waals surface area contributed by atoms with Crippen molar-refractivity contribution in [3.05, 3.63) is 112 Å². The molecule has 5 aromatic rings. The van der Waals surface area contributed by atoms with Gasteiger partial charge in [-0.1, -0.05) is 41.9 Å². The van der Waals surface area contributed by atoms with Crippen molar-refractivity contribution in [3.8, 4) is 17.2 Å². The number of pyridine rings is 1. The summed E-state index contributed by atoms with van der Waals surface area (Å²) in [5.74, 6) is 3.85. The van der Waals surface area contributed by atoms with E-state index in [9.17, 15) is 9.18 Å². The van der Waals surface area contributed by atoms with Crippen LogP contribution in [0.4, 0.5) is 10.1 Å². The van der Waals surface area contributed by atoms with Crippen LogP contribution in [-0.4, -0.2) is 144 Å². The van der Waals surface area contributed by atoms with Crippen molar-refractivity contribution in [2.24, 2.45) is 11.8 Å². The number of ether oxygens (including phenoxy) is 8. The van der Waals surface area contributed by atoms with Crippen molar-refractivity contribution in [2.45, 2.75) is 57.3 Å². The average molecular weight is 987 g/mol. The number of Topliss-reactive ketones (excluding diaryl/α,β-unsaturated/α-hetero) is 1. The van der Waals surface area contributed by atoms with E-state index in [2.05, 4.69) is 60.9 Å². The number of fused-ring (bicyclic) bond motifs is 1. The summed E-state index contributed by atoms with van der Waals surface area (Å²) >= 11 is 6.87. The minimum absolute atomic E-state index is 0.0733. The highest BCUT2D eigenvalue weighted by Crippen LogP contribution is 2.38. The molecule has 2 saturated heterocycles. The van der Waals surface area contributed by atoms with Gasteiger partial charge in [0.1, 0.15) is 35.6 Å². The summed E-state index contributed by atoms with van der Waals surface area (Å²) < 4.78 is 61.1. The standard InChI is InChI=1S/C54H69ClFN5O9/c1-63-53-47(52(62)44-16-22-59(23-17-44)21-15-40-7-11-45(56)12-8-40)3-2-4-49(53)70-38-36-68-34-32-66-30-28-64-27-29-65-31-33-67-35-37-69-46-13-9-42(10-14-46)43-18-24-60(25-19-43)48-20-26-61-50(39-41-5-6-41)57-58-54(61)51(48)55/h2-4,7-14,20,26,41,43-44H,5-6,15-19,21-25,27-39H2,1H3. The number of hydrogen-bond donors (Lipinski definition) is 0. The second kappa shape index (κ2) is 27.1. The van der Waals surface area contributed by atoms with E-state index >= 15 is 0 Å². The SMILES string of the molecule is COc1c(OCCOCCOCCOCCOCCOCCOc2ccc(C3CCN(c4ccn5c(CC6CC6)nnc5c4Cl)CC3)cc2)cccc1C(=O)C1CCN(CCc2ccc(F)cc2)CC1. The van der Waals surface area contributed by atoms with Gasteiger partial charge in [-0.25, -0.2) is 4.39 Å². The van der Waals surface area contributed by atoms with Crippen molar-refractivity contribution in [3.63, 3.8) is 0 Å². The number of para-hydroxylation sites is 1. The molecule has 1 saturated carbocycles. The fourth-order valence-corrected chi connectivity index (χ4v) is 9.55. The molecule has 8 rings (SSSR count). The highest BCUT2D eigenvalue weighted by Gasteiger charge is 2.29. The molecule has 2 aliphatic heterocycles. The molecule has 0 bridgehead atoms. The van der Waals surface area contributed by atoms with E-state index in [0.29, 0.717) is 107 Å². The fourth-order valence-electron chi connectivity index (χ4n) is 9.24. The van der Waals surface area contributed by atoms with Gasteiger partial charge in [0.05, 0.1) is 84.4 Å². The fraction of sp³-hybridized carbons (Fsp3) is 0.537. The molecular formula is C54H69ClFN5O9. The van der Waals surface area contributed by atoms with Gasteiger partial charge in [0.15, 0.2) is 22.9 Å². The topological polar surface area (TPSA) is 128 Å². The van der Waals surface area contributed by atoms with Gasteiger partial charge < -0.3 is 47.7 Å². The maximum absolute atomic E-state index is 13.6. The predicted octanol–water partition coefficient (Wildman–Crippen LogP) is 8.55. The van der Waals surface area contributed by atoms with Crippen LogP contribution in [0.25, 0.3) is 5.65 Å². The highest BCUT2D eigenvalue weighted by atomic mass is 35.5. The molecule has 0 unspecified atom stereocenters. The zero-order chi connectivity index (χ0) is 48.3. The summed E-state index contributed by atoms with van der Waals surface area (Å²) in [6.07, 6.45) is 10.1. The largest absolute Gasteiger partial charge is 0.492 e. The number of carbonyl (C=O) groups is 1. The van der Waals surface area contributed by atoms with Crippen LogP contribution in [0.15, 0.2) is 79.0 Å². The maximum Gasteiger partial charge on any atom is 0.181 e. The molecule has 2 aromatic heterocycles. The lowest BCUT2D eigenvalue weighted by Crippen LogP contribution is -2.37.